The minimum absolute atomic E-state index is 0.0551. The molecule has 0 unspecified atom stereocenters. The number of hydrogen-bond donors (Lipinski definition) is 0. The Morgan fingerprint density at radius 1 is 1.30 bits per heavy atom. The topological polar surface area (TPSA) is 43.4 Å². The number of ether oxygens (including phenoxy) is 1. The SMILES string of the molecule is C=C1CC[C@H](C/C=C(\C)COC(C)=O)C(C)(C)[C@@H]1/C=C/C(C)=O. The molecule has 0 amide bonds. The predicted molar refractivity (Wildman–Crippen MR) is 94.0 cm³/mol. The fraction of sp³-hybridized carbons (Fsp3) is 0.600. The molecule has 0 radical (unpaired) electrons. The van der Waals surface area contributed by atoms with Crippen molar-refractivity contribution in [3.05, 3.63) is 36.0 Å². The van der Waals surface area contributed by atoms with Crippen LogP contribution in [0.5, 0.6) is 0 Å². The third-order valence-electron chi connectivity index (χ3n) is 4.88. The lowest BCUT2D eigenvalue weighted by atomic mass is 9.59. The van der Waals surface area contributed by atoms with Crippen LogP contribution in [-0.4, -0.2) is 18.4 Å². The number of ketones is 1. The van der Waals surface area contributed by atoms with E-state index in [9.17, 15) is 9.59 Å². The largest absolute Gasteiger partial charge is 0.461 e. The van der Waals surface area contributed by atoms with Crippen molar-refractivity contribution < 1.29 is 14.3 Å². The number of hydrogen-bond acceptors (Lipinski definition) is 3. The second-order valence-corrected chi connectivity index (χ2v) is 7.23. The second-order valence-electron chi connectivity index (χ2n) is 7.23. The molecule has 0 aromatic heterocycles. The first kappa shape index (κ1) is 19.4. The van der Waals surface area contributed by atoms with E-state index in [2.05, 4.69) is 26.5 Å². The van der Waals surface area contributed by atoms with Gasteiger partial charge >= 0.3 is 5.97 Å². The maximum absolute atomic E-state index is 11.3. The molecule has 2 atom stereocenters. The minimum atomic E-state index is -0.249. The standard InChI is InChI=1S/C20H30O3/c1-14(13-23-17(4)22)7-10-18-11-8-15(2)19(20(18,5)6)12-9-16(3)21/h7,9,12,18-19H,2,8,10-11,13H2,1,3-6H3/b12-9+,14-7+/t18-,19+/m0/s1. The first-order chi connectivity index (χ1) is 10.6. The summed E-state index contributed by atoms with van der Waals surface area (Å²) >= 11 is 0. The van der Waals surface area contributed by atoms with Gasteiger partial charge in [0.15, 0.2) is 5.78 Å². The molecule has 3 heteroatoms. The molecule has 0 spiro atoms. The van der Waals surface area contributed by atoms with Crippen LogP contribution in [0.1, 0.15) is 53.9 Å². The normalized spacial score (nSPS) is 24.7. The molecular weight excluding hydrogens is 288 g/mol. The van der Waals surface area contributed by atoms with Gasteiger partial charge in [-0.3, -0.25) is 9.59 Å². The average Bonchev–Trinajstić information content (AvgIpc) is 2.43. The molecule has 23 heavy (non-hydrogen) atoms. The van der Waals surface area contributed by atoms with Crippen LogP contribution in [-0.2, 0) is 14.3 Å². The van der Waals surface area contributed by atoms with Gasteiger partial charge in [-0.15, -0.1) is 0 Å². The van der Waals surface area contributed by atoms with Gasteiger partial charge in [-0.25, -0.2) is 0 Å². The summed E-state index contributed by atoms with van der Waals surface area (Å²) < 4.78 is 5.03. The third-order valence-corrected chi connectivity index (χ3v) is 4.88. The lowest BCUT2D eigenvalue weighted by Crippen LogP contribution is -2.36. The lowest BCUT2D eigenvalue weighted by molar-refractivity contribution is -0.140. The van der Waals surface area contributed by atoms with Crippen molar-refractivity contribution in [2.45, 2.75) is 53.9 Å². The Hall–Kier alpha value is -1.64. The maximum Gasteiger partial charge on any atom is 0.302 e. The highest BCUT2D eigenvalue weighted by molar-refractivity contribution is 5.87. The molecule has 3 nitrogen and oxygen atoms in total. The summed E-state index contributed by atoms with van der Waals surface area (Å²) in [5.41, 5.74) is 2.35. The number of carbonyl (C=O) groups is 2. The zero-order valence-electron chi connectivity index (χ0n) is 15.1. The molecule has 0 saturated heterocycles. The average molecular weight is 318 g/mol. The van der Waals surface area contributed by atoms with E-state index in [0.29, 0.717) is 12.5 Å². The zero-order chi connectivity index (χ0) is 17.6. The zero-order valence-corrected chi connectivity index (χ0v) is 15.1. The summed E-state index contributed by atoms with van der Waals surface area (Å²) in [5, 5.41) is 0. The fourth-order valence-electron chi connectivity index (χ4n) is 3.32. The van der Waals surface area contributed by atoms with E-state index in [1.54, 1.807) is 13.0 Å². The van der Waals surface area contributed by atoms with Gasteiger partial charge in [0.05, 0.1) is 0 Å². The monoisotopic (exact) mass is 318 g/mol. The molecule has 1 saturated carbocycles. The van der Waals surface area contributed by atoms with E-state index in [1.165, 1.54) is 12.5 Å². The second kappa shape index (κ2) is 8.28. The molecule has 0 aromatic carbocycles. The highest BCUT2D eigenvalue weighted by atomic mass is 16.5. The van der Waals surface area contributed by atoms with E-state index in [4.69, 9.17) is 4.74 Å². The van der Waals surface area contributed by atoms with Crippen molar-refractivity contribution in [2.24, 2.45) is 17.3 Å². The van der Waals surface area contributed by atoms with Crippen LogP contribution >= 0.6 is 0 Å². The maximum atomic E-state index is 11.3. The van der Waals surface area contributed by atoms with Gasteiger partial charge < -0.3 is 4.74 Å². The van der Waals surface area contributed by atoms with Gasteiger partial charge in [-0.2, -0.15) is 0 Å². The minimum Gasteiger partial charge on any atom is -0.461 e. The van der Waals surface area contributed by atoms with Crippen molar-refractivity contribution >= 4 is 11.8 Å². The van der Waals surface area contributed by atoms with E-state index < -0.39 is 0 Å². The molecule has 1 aliphatic carbocycles. The molecule has 1 aliphatic rings. The number of esters is 1. The predicted octanol–water partition coefficient (Wildman–Crippen LogP) is 4.64. The van der Waals surface area contributed by atoms with Crippen molar-refractivity contribution in [3.63, 3.8) is 0 Å². The Bertz CT molecular complexity index is 523. The third kappa shape index (κ3) is 5.81. The van der Waals surface area contributed by atoms with Crippen molar-refractivity contribution in [1.29, 1.82) is 0 Å². The molecule has 0 aromatic rings. The molecular formula is C20H30O3. The first-order valence-electron chi connectivity index (χ1n) is 8.30. The molecule has 128 valence electrons. The van der Waals surface area contributed by atoms with E-state index >= 15 is 0 Å². The number of rotatable bonds is 6. The van der Waals surface area contributed by atoms with Crippen LogP contribution in [0, 0.1) is 17.3 Å². The fourth-order valence-corrected chi connectivity index (χ4v) is 3.32. The van der Waals surface area contributed by atoms with E-state index in [0.717, 1.165) is 24.8 Å². The van der Waals surface area contributed by atoms with E-state index in [1.807, 2.05) is 13.0 Å². The Balaban J connectivity index is 2.79. The molecule has 0 heterocycles. The molecule has 1 rings (SSSR count). The molecule has 0 N–H and O–H groups in total. The summed E-state index contributed by atoms with van der Waals surface area (Å²) in [6, 6.07) is 0. The highest BCUT2D eigenvalue weighted by Crippen LogP contribution is 2.49. The Morgan fingerprint density at radius 3 is 2.52 bits per heavy atom. The van der Waals surface area contributed by atoms with Crippen molar-refractivity contribution in [1.82, 2.24) is 0 Å². The Labute approximate surface area is 140 Å². The number of carbonyl (C=O) groups excluding carboxylic acids is 2. The van der Waals surface area contributed by atoms with Gasteiger partial charge in [0, 0.05) is 12.8 Å². The number of allylic oxidation sites excluding steroid dienone is 4. The van der Waals surface area contributed by atoms with Gasteiger partial charge in [-0.1, -0.05) is 38.2 Å². The lowest BCUT2D eigenvalue weighted by Gasteiger charge is -2.45. The van der Waals surface area contributed by atoms with Gasteiger partial charge in [0.1, 0.15) is 6.61 Å². The van der Waals surface area contributed by atoms with Gasteiger partial charge in [0.2, 0.25) is 0 Å². The van der Waals surface area contributed by atoms with Crippen LogP contribution < -0.4 is 0 Å². The summed E-state index contributed by atoms with van der Waals surface area (Å²) in [6.45, 7) is 14.1. The quantitative estimate of drug-likeness (QED) is 0.407. The summed E-state index contributed by atoms with van der Waals surface area (Å²) in [4.78, 5) is 22.1. The molecule has 0 aliphatic heterocycles. The summed E-state index contributed by atoms with van der Waals surface area (Å²) in [6.07, 6.45) is 8.92. The van der Waals surface area contributed by atoms with E-state index in [-0.39, 0.29) is 23.1 Å². The van der Waals surface area contributed by atoms with Gasteiger partial charge in [0.25, 0.3) is 0 Å². The summed E-state index contributed by atoms with van der Waals surface area (Å²) in [5.74, 6) is 0.573. The smallest absolute Gasteiger partial charge is 0.302 e. The van der Waals surface area contributed by atoms with Crippen molar-refractivity contribution in [3.8, 4) is 0 Å². The van der Waals surface area contributed by atoms with Crippen LogP contribution in [0.2, 0.25) is 0 Å². The summed E-state index contributed by atoms with van der Waals surface area (Å²) in [7, 11) is 0. The van der Waals surface area contributed by atoms with Crippen LogP contribution in [0.3, 0.4) is 0 Å². The molecule has 0 bridgehead atoms. The van der Waals surface area contributed by atoms with Crippen LogP contribution in [0.15, 0.2) is 36.0 Å². The molecule has 1 fully saturated rings. The Kier molecular flexibility index (Phi) is 6.99. The highest BCUT2D eigenvalue weighted by Gasteiger charge is 2.40. The van der Waals surface area contributed by atoms with Crippen molar-refractivity contribution in [2.75, 3.05) is 6.61 Å². The van der Waals surface area contributed by atoms with Gasteiger partial charge in [-0.05, 0) is 56.1 Å². The van der Waals surface area contributed by atoms with Crippen LogP contribution in [0.25, 0.3) is 0 Å². The van der Waals surface area contributed by atoms with Crippen LogP contribution in [0.4, 0.5) is 0 Å². The Morgan fingerprint density at radius 2 is 1.96 bits per heavy atom. The first-order valence-corrected chi connectivity index (χ1v) is 8.30.